The van der Waals surface area contributed by atoms with Crippen molar-refractivity contribution in [1.29, 1.82) is 0 Å². The molecule has 2 aliphatic heterocycles. The fourth-order valence-corrected chi connectivity index (χ4v) is 3.58. The van der Waals surface area contributed by atoms with Gasteiger partial charge in [-0.15, -0.1) is 0 Å². The Hall–Kier alpha value is -3.16. The maximum absolute atomic E-state index is 13.6. The number of ether oxygens (including phenoxy) is 1. The highest BCUT2D eigenvalue weighted by molar-refractivity contribution is 6.06. The fraction of sp³-hybridized carbons (Fsp3) is 0.200. The molecule has 0 saturated heterocycles. The minimum Gasteiger partial charge on any atom is -0.456 e. The van der Waals surface area contributed by atoms with E-state index in [9.17, 15) is 27.2 Å². The Morgan fingerprint density at radius 3 is 2.50 bits per heavy atom. The number of cyclic esters (lactones) is 1. The van der Waals surface area contributed by atoms with Gasteiger partial charge in [0, 0.05) is 18.0 Å². The van der Waals surface area contributed by atoms with Crippen LogP contribution in [0.4, 0.5) is 23.2 Å². The molecule has 1 atom stereocenters. The lowest BCUT2D eigenvalue weighted by atomic mass is 9.84. The molecular formula is C20H13F4NO3. The molecular weight excluding hydrogens is 378 g/mol. The number of carbonyl (C=O) groups is 2. The SMILES string of the molecule is O=C1OCC2=C1C(c1cccc(F)c1)CC(=O)N2c1cccc(C(F)(F)F)c1. The first-order valence-electron chi connectivity index (χ1n) is 8.41. The molecule has 0 spiro atoms. The average molecular weight is 391 g/mol. The number of halogens is 4. The third-order valence-electron chi connectivity index (χ3n) is 4.80. The molecule has 8 heteroatoms. The van der Waals surface area contributed by atoms with E-state index in [0.29, 0.717) is 5.56 Å². The molecule has 144 valence electrons. The quantitative estimate of drug-likeness (QED) is 0.570. The molecule has 4 rings (SSSR count). The molecule has 0 aromatic heterocycles. The Bertz CT molecular complexity index is 1010. The number of rotatable bonds is 2. The van der Waals surface area contributed by atoms with E-state index in [1.54, 1.807) is 6.07 Å². The zero-order valence-electron chi connectivity index (χ0n) is 14.3. The summed E-state index contributed by atoms with van der Waals surface area (Å²) in [7, 11) is 0. The molecule has 0 fully saturated rings. The van der Waals surface area contributed by atoms with Gasteiger partial charge in [0.15, 0.2) is 0 Å². The van der Waals surface area contributed by atoms with Crippen molar-refractivity contribution >= 4 is 17.6 Å². The van der Waals surface area contributed by atoms with Crippen molar-refractivity contribution in [3.63, 3.8) is 0 Å². The normalized spacial score (nSPS) is 19.7. The number of esters is 1. The van der Waals surface area contributed by atoms with Gasteiger partial charge in [-0.2, -0.15) is 13.2 Å². The second kappa shape index (κ2) is 6.47. The first-order valence-corrected chi connectivity index (χ1v) is 8.41. The number of amides is 1. The zero-order valence-corrected chi connectivity index (χ0v) is 14.3. The fourth-order valence-electron chi connectivity index (χ4n) is 3.58. The second-order valence-corrected chi connectivity index (χ2v) is 6.53. The van der Waals surface area contributed by atoms with E-state index < -0.39 is 35.4 Å². The van der Waals surface area contributed by atoms with Gasteiger partial charge in [0.05, 0.1) is 16.8 Å². The van der Waals surface area contributed by atoms with Gasteiger partial charge < -0.3 is 4.74 Å². The zero-order chi connectivity index (χ0) is 20.1. The molecule has 0 bridgehead atoms. The molecule has 1 amide bonds. The predicted octanol–water partition coefficient (Wildman–Crippen LogP) is 4.18. The van der Waals surface area contributed by atoms with Gasteiger partial charge in [-0.05, 0) is 35.9 Å². The standard InChI is InChI=1S/C20H13F4NO3/c21-13-5-1-3-11(7-13)15-9-17(26)25(16-10-28-19(27)18(15)16)14-6-2-4-12(8-14)20(22,23)24/h1-8,15H,9-10H2. The summed E-state index contributed by atoms with van der Waals surface area (Å²) in [6.07, 6.45) is -4.76. The largest absolute Gasteiger partial charge is 0.456 e. The lowest BCUT2D eigenvalue weighted by Crippen LogP contribution is -2.37. The molecule has 0 radical (unpaired) electrons. The van der Waals surface area contributed by atoms with Crippen LogP contribution in [0.25, 0.3) is 0 Å². The van der Waals surface area contributed by atoms with E-state index in [0.717, 1.165) is 17.0 Å². The van der Waals surface area contributed by atoms with E-state index in [2.05, 4.69) is 0 Å². The third kappa shape index (κ3) is 3.04. The molecule has 0 aliphatic carbocycles. The highest BCUT2D eigenvalue weighted by Gasteiger charge is 2.43. The highest BCUT2D eigenvalue weighted by Crippen LogP contribution is 2.42. The summed E-state index contributed by atoms with van der Waals surface area (Å²) < 4.78 is 57.8. The highest BCUT2D eigenvalue weighted by atomic mass is 19.4. The summed E-state index contributed by atoms with van der Waals surface area (Å²) in [6.45, 7) is -0.234. The molecule has 2 aromatic carbocycles. The van der Waals surface area contributed by atoms with Crippen molar-refractivity contribution in [2.45, 2.75) is 18.5 Å². The summed E-state index contributed by atoms with van der Waals surface area (Å²) in [5.41, 5.74) is -0.110. The van der Waals surface area contributed by atoms with Crippen molar-refractivity contribution in [3.05, 3.63) is 76.7 Å². The lowest BCUT2D eigenvalue weighted by Gasteiger charge is -2.32. The van der Waals surface area contributed by atoms with E-state index in [1.807, 2.05) is 0 Å². The number of hydrogen-bond acceptors (Lipinski definition) is 3. The van der Waals surface area contributed by atoms with Gasteiger partial charge in [-0.3, -0.25) is 9.69 Å². The first-order chi connectivity index (χ1) is 13.3. The van der Waals surface area contributed by atoms with Crippen molar-refractivity contribution in [3.8, 4) is 0 Å². The van der Waals surface area contributed by atoms with E-state index >= 15 is 0 Å². The minimum atomic E-state index is -4.57. The molecule has 4 nitrogen and oxygen atoms in total. The van der Waals surface area contributed by atoms with Crippen molar-refractivity contribution in [2.75, 3.05) is 11.5 Å². The van der Waals surface area contributed by atoms with Gasteiger partial charge >= 0.3 is 12.1 Å². The molecule has 2 aliphatic rings. The van der Waals surface area contributed by atoms with Crippen LogP contribution in [0, 0.1) is 5.82 Å². The van der Waals surface area contributed by atoms with E-state index in [4.69, 9.17) is 4.74 Å². The molecule has 1 unspecified atom stereocenters. The lowest BCUT2D eigenvalue weighted by molar-refractivity contribution is -0.138. The van der Waals surface area contributed by atoms with Crippen LogP contribution >= 0.6 is 0 Å². The smallest absolute Gasteiger partial charge is 0.416 e. The summed E-state index contributed by atoms with van der Waals surface area (Å²) in [6, 6.07) is 9.85. The van der Waals surface area contributed by atoms with Crippen LogP contribution in [0.3, 0.4) is 0 Å². The number of anilines is 1. The van der Waals surface area contributed by atoms with Gasteiger partial charge in [-0.25, -0.2) is 9.18 Å². The minimum absolute atomic E-state index is 0.00307. The van der Waals surface area contributed by atoms with Crippen LogP contribution < -0.4 is 4.90 Å². The second-order valence-electron chi connectivity index (χ2n) is 6.53. The Kier molecular flexibility index (Phi) is 4.21. The Balaban J connectivity index is 1.82. The van der Waals surface area contributed by atoms with Crippen LogP contribution in [0.1, 0.15) is 23.5 Å². The molecule has 0 saturated carbocycles. The maximum Gasteiger partial charge on any atom is 0.416 e. The van der Waals surface area contributed by atoms with Crippen LogP contribution in [0.15, 0.2) is 59.8 Å². The summed E-state index contributed by atoms with van der Waals surface area (Å²) in [5, 5.41) is 0. The van der Waals surface area contributed by atoms with Gasteiger partial charge in [0.1, 0.15) is 12.4 Å². The molecule has 28 heavy (non-hydrogen) atoms. The van der Waals surface area contributed by atoms with Gasteiger partial charge in [-0.1, -0.05) is 18.2 Å². The maximum atomic E-state index is 13.6. The number of hydrogen-bond donors (Lipinski definition) is 0. The summed E-state index contributed by atoms with van der Waals surface area (Å²) >= 11 is 0. The van der Waals surface area contributed by atoms with Crippen molar-refractivity contribution in [2.24, 2.45) is 0 Å². The van der Waals surface area contributed by atoms with E-state index in [-0.39, 0.29) is 30.0 Å². The summed E-state index contributed by atoms with van der Waals surface area (Å²) in [4.78, 5) is 26.2. The van der Waals surface area contributed by atoms with Crippen LogP contribution in [-0.4, -0.2) is 18.5 Å². The molecule has 0 N–H and O–H groups in total. The van der Waals surface area contributed by atoms with Gasteiger partial charge in [0.25, 0.3) is 0 Å². The number of alkyl halides is 3. The molecule has 2 heterocycles. The van der Waals surface area contributed by atoms with Crippen LogP contribution in [0.5, 0.6) is 0 Å². The average Bonchev–Trinajstić information content (AvgIpc) is 3.02. The number of carbonyl (C=O) groups excluding carboxylic acids is 2. The Morgan fingerprint density at radius 2 is 1.79 bits per heavy atom. The number of nitrogens with zero attached hydrogens (tertiary/aromatic N) is 1. The van der Waals surface area contributed by atoms with Crippen molar-refractivity contribution < 1.29 is 31.9 Å². The monoisotopic (exact) mass is 391 g/mol. The third-order valence-corrected chi connectivity index (χ3v) is 4.80. The van der Waals surface area contributed by atoms with Crippen LogP contribution in [-0.2, 0) is 20.5 Å². The summed E-state index contributed by atoms with van der Waals surface area (Å²) in [5.74, 6) is -2.38. The number of benzene rings is 2. The van der Waals surface area contributed by atoms with Crippen LogP contribution in [0.2, 0.25) is 0 Å². The van der Waals surface area contributed by atoms with Crippen molar-refractivity contribution in [1.82, 2.24) is 0 Å². The molecule has 2 aromatic rings. The topological polar surface area (TPSA) is 46.6 Å². The first kappa shape index (κ1) is 18.2. The Morgan fingerprint density at radius 1 is 1.04 bits per heavy atom. The van der Waals surface area contributed by atoms with Gasteiger partial charge in [0.2, 0.25) is 5.91 Å². The van der Waals surface area contributed by atoms with E-state index in [1.165, 1.54) is 30.3 Å². The predicted molar refractivity (Wildman–Crippen MR) is 90.7 cm³/mol. The Labute approximate surface area is 157 Å².